The van der Waals surface area contributed by atoms with Gasteiger partial charge in [-0.2, -0.15) is 0 Å². The van der Waals surface area contributed by atoms with Crippen molar-refractivity contribution in [1.82, 2.24) is 25.8 Å². The highest BCUT2D eigenvalue weighted by Crippen LogP contribution is 2.25. The summed E-state index contributed by atoms with van der Waals surface area (Å²) in [5, 5.41) is 9.99. The van der Waals surface area contributed by atoms with E-state index in [2.05, 4.69) is 39.9 Å². The molecule has 3 amide bonds. The van der Waals surface area contributed by atoms with Crippen molar-refractivity contribution < 1.29 is 23.9 Å². The number of nitrogens with zero attached hydrogens (tertiary/aromatic N) is 2. The third kappa shape index (κ3) is 9.19. The molecule has 2 saturated heterocycles. The molecule has 0 radical (unpaired) electrons. The SMILES string of the molecule is CCC(=O)N[C@@H](Cc1nc2ccc(CC)cc2s1)C(=O)N[C@H](CNC(=O)C(C)CN1CCOCC1)C1CCOCC1. The molecule has 1 aromatic carbocycles. The number of nitrogens with one attached hydrogen (secondary N) is 3. The summed E-state index contributed by atoms with van der Waals surface area (Å²) in [7, 11) is 0. The van der Waals surface area contributed by atoms with E-state index in [1.807, 2.05) is 13.0 Å². The number of rotatable bonds is 13. The molecular weight excluding hydrogens is 542 g/mol. The molecule has 2 aliphatic heterocycles. The number of carbonyl (C=O) groups excluding carboxylic acids is 3. The Balaban J connectivity index is 1.43. The first-order valence-electron chi connectivity index (χ1n) is 15.0. The highest BCUT2D eigenvalue weighted by atomic mass is 32.1. The lowest BCUT2D eigenvalue weighted by Crippen LogP contribution is -2.56. The quantitative estimate of drug-likeness (QED) is 0.329. The minimum Gasteiger partial charge on any atom is -0.381 e. The number of hydrogen-bond donors (Lipinski definition) is 3. The van der Waals surface area contributed by atoms with Crippen LogP contribution in [0.3, 0.4) is 0 Å². The standard InChI is InChI=1S/C30H45N5O5S/c1-4-21-6-7-23-26(16-21)41-28(33-23)17-24(32-27(36)5-2)30(38)34-25(22-8-12-39-13-9-22)18-31-29(37)20(3)19-35-10-14-40-15-11-35/h6-7,16,20,22,24-25H,4-5,8-15,17-19H2,1-3H3,(H,31,37)(H,32,36)(H,34,38)/t20?,24-,25+/m0/s1. The van der Waals surface area contributed by atoms with Crippen LogP contribution in [0.4, 0.5) is 0 Å². The average Bonchev–Trinajstić information content (AvgIpc) is 3.40. The third-order valence-electron chi connectivity index (χ3n) is 8.00. The zero-order chi connectivity index (χ0) is 29.2. The van der Waals surface area contributed by atoms with E-state index in [0.29, 0.717) is 45.9 Å². The van der Waals surface area contributed by atoms with Gasteiger partial charge >= 0.3 is 0 Å². The van der Waals surface area contributed by atoms with Crippen LogP contribution in [-0.4, -0.2) is 92.3 Å². The van der Waals surface area contributed by atoms with Gasteiger partial charge in [-0.05, 0) is 42.9 Å². The zero-order valence-corrected chi connectivity index (χ0v) is 25.4. The van der Waals surface area contributed by atoms with Gasteiger partial charge in [-0.25, -0.2) is 4.98 Å². The van der Waals surface area contributed by atoms with Gasteiger partial charge in [0.25, 0.3) is 0 Å². The fourth-order valence-electron chi connectivity index (χ4n) is 5.38. The van der Waals surface area contributed by atoms with Crippen molar-refractivity contribution in [2.45, 2.75) is 65.0 Å². The van der Waals surface area contributed by atoms with Crippen molar-refractivity contribution in [3.8, 4) is 0 Å². The van der Waals surface area contributed by atoms with E-state index in [9.17, 15) is 14.4 Å². The smallest absolute Gasteiger partial charge is 0.243 e. The van der Waals surface area contributed by atoms with Gasteiger partial charge in [0.15, 0.2) is 0 Å². The average molecular weight is 588 g/mol. The molecule has 226 valence electrons. The maximum atomic E-state index is 13.7. The Hall–Kier alpha value is -2.60. The van der Waals surface area contributed by atoms with Crippen molar-refractivity contribution in [2.75, 3.05) is 52.6 Å². The van der Waals surface area contributed by atoms with Crippen molar-refractivity contribution in [2.24, 2.45) is 11.8 Å². The number of ether oxygens (including phenoxy) is 2. The summed E-state index contributed by atoms with van der Waals surface area (Å²) in [6.45, 7) is 11.1. The lowest BCUT2D eigenvalue weighted by molar-refractivity contribution is -0.130. The van der Waals surface area contributed by atoms with Gasteiger partial charge in [-0.15, -0.1) is 11.3 Å². The number of carbonyl (C=O) groups is 3. The number of aryl methyl sites for hydroxylation is 1. The van der Waals surface area contributed by atoms with Crippen LogP contribution in [0.2, 0.25) is 0 Å². The van der Waals surface area contributed by atoms with Gasteiger partial charge in [-0.1, -0.05) is 26.8 Å². The number of aromatic nitrogens is 1. The Morgan fingerprint density at radius 2 is 1.78 bits per heavy atom. The molecule has 1 aromatic heterocycles. The topological polar surface area (TPSA) is 122 Å². The second-order valence-corrected chi connectivity index (χ2v) is 12.2. The molecule has 3 atom stereocenters. The van der Waals surface area contributed by atoms with E-state index in [1.165, 1.54) is 5.56 Å². The van der Waals surface area contributed by atoms with Gasteiger partial charge in [0.2, 0.25) is 17.7 Å². The van der Waals surface area contributed by atoms with E-state index in [1.54, 1.807) is 18.3 Å². The van der Waals surface area contributed by atoms with Gasteiger partial charge < -0.3 is 25.4 Å². The second-order valence-electron chi connectivity index (χ2n) is 11.1. The maximum absolute atomic E-state index is 13.7. The van der Waals surface area contributed by atoms with Crippen LogP contribution in [0, 0.1) is 11.8 Å². The largest absolute Gasteiger partial charge is 0.381 e. The van der Waals surface area contributed by atoms with E-state index in [4.69, 9.17) is 14.5 Å². The zero-order valence-electron chi connectivity index (χ0n) is 24.6. The Morgan fingerprint density at radius 3 is 2.49 bits per heavy atom. The van der Waals surface area contributed by atoms with Crippen molar-refractivity contribution in [3.05, 3.63) is 28.8 Å². The predicted octanol–water partition coefficient (Wildman–Crippen LogP) is 2.29. The highest BCUT2D eigenvalue weighted by Gasteiger charge is 2.30. The highest BCUT2D eigenvalue weighted by molar-refractivity contribution is 7.18. The molecule has 1 unspecified atom stereocenters. The summed E-state index contributed by atoms with van der Waals surface area (Å²) >= 11 is 1.56. The number of thiazole rings is 1. The first-order valence-corrected chi connectivity index (χ1v) is 15.8. The molecule has 2 aromatic rings. The Morgan fingerprint density at radius 1 is 1.05 bits per heavy atom. The molecule has 11 heteroatoms. The van der Waals surface area contributed by atoms with Crippen molar-refractivity contribution >= 4 is 39.3 Å². The van der Waals surface area contributed by atoms with E-state index in [-0.39, 0.29) is 42.0 Å². The summed E-state index contributed by atoms with van der Waals surface area (Å²) in [5.41, 5.74) is 2.14. The molecule has 0 bridgehead atoms. The normalized spacial score (nSPS) is 18.9. The second kappa shape index (κ2) is 15.6. The minimum atomic E-state index is -0.757. The lowest BCUT2D eigenvalue weighted by atomic mass is 9.91. The van der Waals surface area contributed by atoms with Crippen molar-refractivity contribution in [1.29, 1.82) is 0 Å². The van der Waals surface area contributed by atoms with Crippen LogP contribution >= 0.6 is 11.3 Å². The van der Waals surface area contributed by atoms with Crippen LogP contribution in [0.1, 0.15) is 50.6 Å². The molecule has 3 N–H and O–H groups in total. The van der Waals surface area contributed by atoms with Crippen LogP contribution in [-0.2, 0) is 36.7 Å². The molecule has 0 aliphatic carbocycles. The maximum Gasteiger partial charge on any atom is 0.243 e. The number of amides is 3. The molecule has 2 fully saturated rings. The van der Waals surface area contributed by atoms with Gasteiger partial charge in [0, 0.05) is 64.2 Å². The molecule has 10 nitrogen and oxygen atoms in total. The minimum absolute atomic E-state index is 0.0282. The lowest BCUT2D eigenvalue weighted by Gasteiger charge is -2.33. The first kappa shape index (κ1) is 31.3. The van der Waals surface area contributed by atoms with E-state index in [0.717, 1.165) is 47.6 Å². The number of hydrogen-bond acceptors (Lipinski definition) is 8. The monoisotopic (exact) mass is 587 g/mol. The molecule has 0 saturated carbocycles. The number of fused-ring (bicyclic) bond motifs is 1. The Bertz CT molecular complexity index is 1160. The first-order chi connectivity index (χ1) is 19.9. The molecule has 2 aliphatic rings. The molecule has 0 spiro atoms. The number of benzene rings is 1. The van der Waals surface area contributed by atoms with Gasteiger partial charge in [-0.3, -0.25) is 19.3 Å². The third-order valence-corrected chi connectivity index (χ3v) is 9.04. The summed E-state index contributed by atoms with van der Waals surface area (Å²) < 4.78 is 12.1. The summed E-state index contributed by atoms with van der Waals surface area (Å²) in [5.74, 6) is -0.484. The molecule has 41 heavy (non-hydrogen) atoms. The summed E-state index contributed by atoms with van der Waals surface area (Å²) in [6.07, 6.45) is 3.13. The van der Waals surface area contributed by atoms with Crippen LogP contribution in [0.15, 0.2) is 18.2 Å². The summed E-state index contributed by atoms with van der Waals surface area (Å²) in [6, 6.07) is 5.20. The van der Waals surface area contributed by atoms with E-state index < -0.39 is 6.04 Å². The van der Waals surface area contributed by atoms with E-state index >= 15 is 0 Å². The van der Waals surface area contributed by atoms with Crippen LogP contribution < -0.4 is 16.0 Å². The molecule has 3 heterocycles. The number of morpholine rings is 1. The predicted molar refractivity (Wildman–Crippen MR) is 160 cm³/mol. The fraction of sp³-hybridized carbons (Fsp3) is 0.667. The van der Waals surface area contributed by atoms with Crippen LogP contribution in [0.25, 0.3) is 10.2 Å². The fourth-order valence-corrected chi connectivity index (χ4v) is 6.46. The van der Waals surface area contributed by atoms with Gasteiger partial charge in [0.1, 0.15) is 6.04 Å². The summed E-state index contributed by atoms with van der Waals surface area (Å²) in [4.78, 5) is 46.1. The van der Waals surface area contributed by atoms with Gasteiger partial charge in [0.05, 0.1) is 28.4 Å². The molecular formula is C30H45N5O5S. The van der Waals surface area contributed by atoms with Crippen LogP contribution in [0.5, 0.6) is 0 Å². The van der Waals surface area contributed by atoms with Crippen molar-refractivity contribution in [3.63, 3.8) is 0 Å². The Kier molecular flexibility index (Phi) is 11.9. The Labute approximate surface area is 246 Å². The molecule has 4 rings (SSSR count).